The standard InChI is InChI=1S/C19H16FN5O4/c1-21-18(28)15-16(23-9-22-15)19(29)25-12-5-3-11(4-6-12)24-17(27)13-7-2-10(20)8-14(13)26/h2-9,26H,1H3,(H,21,28)(H,22,23)(H,24,27)(H,25,29). The van der Waals surface area contributed by atoms with Gasteiger partial charge in [-0.2, -0.15) is 0 Å². The molecule has 0 saturated heterocycles. The average Bonchev–Trinajstić information content (AvgIpc) is 3.19. The quantitative estimate of drug-likeness (QED) is 0.449. The Hall–Kier alpha value is -4.21. The molecule has 0 bridgehead atoms. The predicted molar refractivity (Wildman–Crippen MR) is 102 cm³/mol. The largest absolute Gasteiger partial charge is 0.507 e. The smallest absolute Gasteiger partial charge is 0.274 e. The topological polar surface area (TPSA) is 136 Å². The van der Waals surface area contributed by atoms with Crippen LogP contribution in [-0.2, 0) is 0 Å². The zero-order valence-corrected chi connectivity index (χ0v) is 15.1. The highest BCUT2D eigenvalue weighted by Gasteiger charge is 2.19. The molecule has 10 heteroatoms. The molecule has 0 aliphatic heterocycles. The van der Waals surface area contributed by atoms with Gasteiger partial charge in [0.15, 0.2) is 5.69 Å². The van der Waals surface area contributed by atoms with Gasteiger partial charge in [0.25, 0.3) is 17.7 Å². The molecule has 1 aromatic heterocycles. The minimum Gasteiger partial charge on any atom is -0.507 e. The SMILES string of the molecule is CNC(=O)c1nc[nH]c1C(=O)Nc1ccc(NC(=O)c2ccc(F)cc2O)cc1. The summed E-state index contributed by atoms with van der Waals surface area (Å²) < 4.78 is 13.0. The van der Waals surface area contributed by atoms with Crippen LogP contribution < -0.4 is 16.0 Å². The van der Waals surface area contributed by atoms with Gasteiger partial charge in [-0.25, -0.2) is 9.37 Å². The number of aromatic nitrogens is 2. The van der Waals surface area contributed by atoms with Gasteiger partial charge < -0.3 is 26.0 Å². The van der Waals surface area contributed by atoms with Gasteiger partial charge in [0.05, 0.1) is 11.9 Å². The molecular formula is C19H16FN5O4. The Morgan fingerprint density at radius 1 is 0.966 bits per heavy atom. The number of imidazole rings is 1. The van der Waals surface area contributed by atoms with Crippen LogP contribution in [0, 0.1) is 5.82 Å². The second-order valence-corrected chi connectivity index (χ2v) is 5.85. The molecule has 3 aromatic rings. The summed E-state index contributed by atoms with van der Waals surface area (Å²) in [6.45, 7) is 0. The second kappa shape index (κ2) is 8.21. The van der Waals surface area contributed by atoms with Gasteiger partial charge in [-0.1, -0.05) is 0 Å². The lowest BCUT2D eigenvalue weighted by atomic mass is 10.1. The fourth-order valence-electron chi connectivity index (χ4n) is 2.48. The van der Waals surface area contributed by atoms with E-state index in [1.165, 1.54) is 43.7 Å². The highest BCUT2D eigenvalue weighted by Crippen LogP contribution is 2.21. The van der Waals surface area contributed by atoms with E-state index in [1.807, 2.05) is 0 Å². The van der Waals surface area contributed by atoms with E-state index in [1.54, 1.807) is 0 Å². The number of carbonyl (C=O) groups is 3. The van der Waals surface area contributed by atoms with Crippen molar-refractivity contribution in [1.29, 1.82) is 0 Å². The Labute approximate surface area is 164 Å². The summed E-state index contributed by atoms with van der Waals surface area (Å²) in [5, 5.41) is 17.2. The lowest BCUT2D eigenvalue weighted by Crippen LogP contribution is -2.23. The van der Waals surface area contributed by atoms with Crippen LogP contribution in [0.3, 0.4) is 0 Å². The summed E-state index contributed by atoms with van der Waals surface area (Å²) in [6, 6.07) is 9.21. The molecule has 0 fully saturated rings. The third-order valence-corrected chi connectivity index (χ3v) is 3.91. The number of hydrogen-bond acceptors (Lipinski definition) is 5. The molecule has 0 saturated carbocycles. The Kier molecular flexibility index (Phi) is 5.54. The lowest BCUT2D eigenvalue weighted by Gasteiger charge is -2.09. The van der Waals surface area contributed by atoms with E-state index in [9.17, 15) is 23.9 Å². The van der Waals surface area contributed by atoms with Crippen LogP contribution >= 0.6 is 0 Å². The van der Waals surface area contributed by atoms with Gasteiger partial charge in [0.1, 0.15) is 17.3 Å². The average molecular weight is 397 g/mol. The molecule has 9 nitrogen and oxygen atoms in total. The first kappa shape index (κ1) is 19.5. The van der Waals surface area contributed by atoms with E-state index < -0.39 is 29.3 Å². The summed E-state index contributed by atoms with van der Waals surface area (Å²) >= 11 is 0. The second-order valence-electron chi connectivity index (χ2n) is 5.85. The fourth-order valence-corrected chi connectivity index (χ4v) is 2.48. The number of amides is 3. The minimum absolute atomic E-state index is 0.00788. The van der Waals surface area contributed by atoms with Crippen LogP contribution in [-0.4, -0.2) is 39.8 Å². The first-order valence-corrected chi connectivity index (χ1v) is 8.35. The van der Waals surface area contributed by atoms with Crippen LogP contribution in [0.5, 0.6) is 5.75 Å². The van der Waals surface area contributed by atoms with Gasteiger partial charge in [-0.3, -0.25) is 14.4 Å². The molecule has 0 radical (unpaired) electrons. The van der Waals surface area contributed by atoms with Crippen LogP contribution in [0.15, 0.2) is 48.8 Å². The summed E-state index contributed by atoms with van der Waals surface area (Å²) in [4.78, 5) is 42.7. The molecule has 0 spiro atoms. The lowest BCUT2D eigenvalue weighted by molar-refractivity contribution is 0.0943. The third kappa shape index (κ3) is 4.38. The van der Waals surface area contributed by atoms with Gasteiger partial charge in [0, 0.05) is 24.5 Å². The van der Waals surface area contributed by atoms with Crippen molar-refractivity contribution in [3.05, 3.63) is 71.6 Å². The molecule has 2 aromatic carbocycles. The van der Waals surface area contributed by atoms with E-state index in [-0.39, 0.29) is 17.0 Å². The maximum absolute atomic E-state index is 13.0. The predicted octanol–water partition coefficient (Wildman–Crippen LogP) is 2.12. The Balaban J connectivity index is 1.67. The molecular weight excluding hydrogens is 381 g/mol. The maximum Gasteiger partial charge on any atom is 0.274 e. The number of anilines is 2. The van der Waals surface area contributed by atoms with Gasteiger partial charge >= 0.3 is 0 Å². The zero-order chi connectivity index (χ0) is 21.0. The minimum atomic E-state index is -0.656. The van der Waals surface area contributed by atoms with Crippen molar-refractivity contribution in [1.82, 2.24) is 15.3 Å². The molecule has 29 heavy (non-hydrogen) atoms. The number of H-pyrrole nitrogens is 1. The zero-order valence-electron chi connectivity index (χ0n) is 15.1. The van der Waals surface area contributed by atoms with E-state index in [2.05, 4.69) is 25.9 Å². The van der Waals surface area contributed by atoms with E-state index in [0.717, 1.165) is 12.1 Å². The molecule has 3 rings (SSSR count). The van der Waals surface area contributed by atoms with E-state index >= 15 is 0 Å². The van der Waals surface area contributed by atoms with Gasteiger partial charge in [0.2, 0.25) is 0 Å². The Bertz CT molecular complexity index is 1080. The van der Waals surface area contributed by atoms with Crippen molar-refractivity contribution in [2.75, 3.05) is 17.7 Å². The molecule has 148 valence electrons. The van der Waals surface area contributed by atoms with Crippen molar-refractivity contribution in [2.24, 2.45) is 0 Å². The normalized spacial score (nSPS) is 10.3. The number of aromatic hydroxyl groups is 1. The summed E-state index contributed by atoms with van der Waals surface area (Å²) in [5.74, 6) is -2.81. The molecule has 0 atom stereocenters. The van der Waals surface area contributed by atoms with E-state index in [0.29, 0.717) is 11.4 Å². The number of carbonyl (C=O) groups excluding carboxylic acids is 3. The number of phenolic OH excluding ortho intramolecular Hbond substituents is 1. The number of aromatic amines is 1. The number of nitrogens with one attached hydrogen (secondary N) is 4. The maximum atomic E-state index is 13.0. The molecule has 0 aliphatic carbocycles. The Morgan fingerprint density at radius 3 is 2.17 bits per heavy atom. The van der Waals surface area contributed by atoms with Crippen LogP contribution in [0.1, 0.15) is 31.3 Å². The van der Waals surface area contributed by atoms with Crippen molar-refractivity contribution in [3.63, 3.8) is 0 Å². The fraction of sp³-hybridized carbons (Fsp3) is 0.0526. The van der Waals surface area contributed by atoms with Crippen molar-refractivity contribution < 1.29 is 23.9 Å². The van der Waals surface area contributed by atoms with E-state index in [4.69, 9.17) is 0 Å². The van der Waals surface area contributed by atoms with Crippen LogP contribution in [0.4, 0.5) is 15.8 Å². The number of phenols is 1. The first-order chi connectivity index (χ1) is 13.9. The molecule has 5 N–H and O–H groups in total. The molecule has 0 aliphatic rings. The van der Waals surface area contributed by atoms with Gasteiger partial charge in [-0.15, -0.1) is 0 Å². The first-order valence-electron chi connectivity index (χ1n) is 8.35. The number of hydrogen-bond donors (Lipinski definition) is 5. The van der Waals surface area contributed by atoms with Crippen LogP contribution in [0.25, 0.3) is 0 Å². The van der Waals surface area contributed by atoms with Crippen LogP contribution in [0.2, 0.25) is 0 Å². The molecule has 0 unspecified atom stereocenters. The van der Waals surface area contributed by atoms with Crippen molar-refractivity contribution in [2.45, 2.75) is 0 Å². The van der Waals surface area contributed by atoms with Crippen molar-refractivity contribution >= 4 is 29.1 Å². The number of rotatable bonds is 5. The number of benzene rings is 2. The van der Waals surface area contributed by atoms with Crippen molar-refractivity contribution in [3.8, 4) is 5.75 Å². The monoisotopic (exact) mass is 397 g/mol. The molecule has 1 heterocycles. The Morgan fingerprint density at radius 2 is 1.59 bits per heavy atom. The summed E-state index contributed by atoms with van der Waals surface area (Å²) in [6.07, 6.45) is 1.24. The number of nitrogens with zero attached hydrogens (tertiary/aromatic N) is 1. The number of halogens is 1. The summed E-state index contributed by atoms with van der Waals surface area (Å²) in [7, 11) is 1.43. The highest BCUT2D eigenvalue weighted by molar-refractivity contribution is 6.10. The van der Waals surface area contributed by atoms with Gasteiger partial charge in [-0.05, 0) is 36.4 Å². The third-order valence-electron chi connectivity index (χ3n) is 3.91. The highest BCUT2D eigenvalue weighted by atomic mass is 19.1. The molecule has 3 amide bonds. The summed E-state index contributed by atoms with van der Waals surface area (Å²) in [5.41, 5.74) is 0.700.